The second kappa shape index (κ2) is 13.1. The minimum Gasteiger partial charge on any atom is -0.481 e. The third-order valence-corrected chi connectivity index (χ3v) is 5.41. The Bertz CT molecular complexity index is 1190. The van der Waals surface area contributed by atoms with Gasteiger partial charge in [-0.3, -0.25) is 4.79 Å². The molecule has 2 aromatic heterocycles. The van der Waals surface area contributed by atoms with Crippen molar-refractivity contribution in [3.63, 3.8) is 0 Å². The van der Waals surface area contributed by atoms with Gasteiger partial charge in [-0.2, -0.15) is 19.9 Å². The number of carboxylic acids is 1. The number of ether oxygens (including phenoxy) is 8. The predicted molar refractivity (Wildman–Crippen MR) is 130 cm³/mol. The van der Waals surface area contributed by atoms with Crippen LogP contribution in [0.2, 0.25) is 0 Å². The van der Waals surface area contributed by atoms with Gasteiger partial charge in [-0.1, -0.05) is 6.08 Å². The number of carbonyl (C=O) groups is 2. The SMILES string of the molecule is CCOC(=O)OCCC1(C(=O)O)C(Oc2nc(OC)cc(OC)n2)=CC=CC1Oc1nc(OC)cc(OC)n1. The number of aliphatic carboxylic acids is 1. The average Bonchev–Trinajstić information content (AvgIpc) is 2.93. The van der Waals surface area contributed by atoms with Gasteiger partial charge in [0.1, 0.15) is 11.9 Å². The number of methoxy groups -OCH3 is 4. The molecule has 2 atom stereocenters. The van der Waals surface area contributed by atoms with Crippen LogP contribution >= 0.6 is 0 Å². The predicted octanol–water partition coefficient (Wildman–Crippen LogP) is 2.22. The van der Waals surface area contributed by atoms with Gasteiger partial charge in [-0.05, 0) is 19.1 Å². The Morgan fingerprint density at radius 2 is 1.41 bits per heavy atom. The van der Waals surface area contributed by atoms with Crippen LogP contribution in [0.15, 0.2) is 36.1 Å². The van der Waals surface area contributed by atoms with Crippen molar-refractivity contribution in [2.75, 3.05) is 41.7 Å². The summed E-state index contributed by atoms with van der Waals surface area (Å²) in [6.45, 7) is 1.31. The molecule has 1 aliphatic carbocycles. The van der Waals surface area contributed by atoms with Crippen molar-refractivity contribution in [3.8, 4) is 35.5 Å². The fraction of sp³-hybridized carbons (Fsp3) is 0.417. The molecular weight excluding hydrogens is 520 g/mol. The van der Waals surface area contributed by atoms with E-state index in [9.17, 15) is 14.7 Å². The Kier molecular flexibility index (Phi) is 9.67. The van der Waals surface area contributed by atoms with Crippen LogP contribution < -0.4 is 28.4 Å². The second-order valence-electron chi connectivity index (χ2n) is 7.58. The third kappa shape index (κ3) is 6.74. The second-order valence-corrected chi connectivity index (χ2v) is 7.58. The molecule has 1 aliphatic rings. The van der Waals surface area contributed by atoms with Crippen molar-refractivity contribution in [3.05, 3.63) is 36.1 Å². The molecule has 2 aromatic rings. The number of carboxylic acid groups (broad SMARTS) is 1. The van der Waals surface area contributed by atoms with Crippen molar-refractivity contribution in [1.82, 2.24) is 19.9 Å². The summed E-state index contributed by atoms with van der Waals surface area (Å²) >= 11 is 0. The molecule has 15 heteroatoms. The first-order valence-electron chi connectivity index (χ1n) is 11.5. The van der Waals surface area contributed by atoms with E-state index in [1.807, 2.05) is 0 Å². The lowest BCUT2D eigenvalue weighted by molar-refractivity contribution is -0.154. The fourth-order valence-corrected chi connectivity index (χ4v) is 3.51. The quantitative estimate of drug-likeness (QED) is 0.360. The van der Waals surface area contributed by atoms with Gasteiger partial charge in [0.2, 0.25) is 23.5 Å². The minimum absolute atomic E-state index is 0.0790. The summed E-state index contributed by atoms with van der Waals surface area (Å²) in [4.78, 5) is 41.3. The van der Waals surface area contributed by atoms with E-state index in [-0.39, 0.29) is 60.9 Å². The van der Waals surface area contributed by atoms with Gasteiger partial charge < -0.3 is 43.0 Å². The molecule has 2 unspecified atom stereocenters. The van der Waals surface area contributed by atoms with Gasteiger partial charge in [0.15, 0.2) is 5.41 Å². The molecule has 0 amide bonds. The molecule has 3 rings (SSSR count). The maximum absolute atomic E-state index is 13.0. The van der Waals surface area contributed by atoms with E-state index in [0.29, 0.717) is 0 Å². The molecule has 210 valence electrons. The molecule has 0 fully saturated rings. The Hall–Kier alpha value is -4.82. The Morgan fingerprint density at radius 1 is 0.872 bits per heavy atom. The number of allylic oxidation sites excluding steroid dienone is 2. The van der Waals surface area contributed by atoms with E-state index >= 15 is 0 Å². The highest BCUT2D eigenvalue weighted by molar-refractivity contribution is 5.80. The molecule has 1 N–H and O–H groups in total. The number of hydrogen-bond acceptors (Lipinski definition) is 14. The standard InChI is InChI=1S/C24H28N4O11/c1-6-36-23(31)37-11-10-24(20(29)30)14(38-21-25-16(32-2)12-17(26-21)33-3)8-7-9-15(24)39-22-27-18(34-4)13-19(28-22)35-5/h7-9,12-14H,6,10-11H2,1-5H3,(H,29,30). The van der Waals surface area contributed by atoms with Crippen LogP contribution in [0, 0.1) is 5.41 Å². The summed E-state index contributed by atoms with van der Waals surface area (Å²) in [7, 11) is 5.54. The fourth-order valence-electron chi connectivity index (χ4n) is 3.51. The summed E-state index contributed by atoms with van der Waals surface area (Å²) in [5.74, 6) is -1.06. The van der Waals surface area contributed by atoms with E-state index in [0.717, 1.165) is 0 Å². The topological polar surface area (TPSA) is 180 Å². The summed E-state index contributed by atoms with van der Waals surface area (Å²) in [6.07, 6.45) is 1.83. The van der Waals surface area contributed by atoms with Gasteiger partial charge in [0.25, 0.3) is 0 Å². The Labute approximate surface area is 223 Å². The molecule has 0 radical (unpaired) electrons. The van der Waals surface area contributed by atoms with Gasteiger partial charge in [0.05, 0.1) is 53.8 Å². The van der Waals surface area contributed by atoms with Crippen LogP contribution in [-0.4, -0.2) is 84.9 Å². The Morgan fingerprint density at radius 3 is 1.90 bits per heavy atom. The first-order chi connectivity index (χ1) is 18.8. The number of hydrogen-bond donors (Lipinski definition) is 1. The molecule has 15 nitrogen and oxygen atoms in total. The summed E-state index contributed by atoms with van der Waals surface area (Å²) in [5, 5.41) is 10.6. The molecule has 0 spiro atoms. The zero-order valence-electron chi connectivity index (χ0n) is 21.9. The van der Waals surface area contributed by atoms with Crippen LogP contribution in [0.25, 0.3) is 0 Å². The lowest BCUT2D eigenvalue weighted by Crippen LogP contribution is -2.49. The summed E-state index contributed by atoms with van der Waals surface area (Å²) < 4.78 is 42.3. The van der Waals surface area contributed by atoms with Crippen LogP contribution in [0.1, 0.15) is 13.3 Å². The molecule has 2 heterocycles. The summed E-state index contributed by atoms with van der Waals surface area (Å²) in [6, 6.07) is 2.34. The number of aromatic nitrogens is 4. The van der Waals surface area contributed by atoms with Gasteiger partial charge in [0, 0.05) is 6.42 Å². The van der Waals surface area contributed by atoms with Crippen molar-refractivity contribution < 1.29 is 52.6 Å². The maximum atomic E-state index is 13.0. The molecule has 0 saturated heterocycles. The zero-order valence-corrected chi connectivity index (χ0v) is 21.9. The third-order valence-electron chi connectivity index (χ3n) is 5.41. The average molecular weight is 549 g/mol. The first kappa shape index (κ1) is 28.7. The van der Waals surface area contributed by atoms with Gasteiger partial charge in [-0.25, -0.2) is 4.79 Å². The highest BCUT2D eigenvalue weighted by Crippen LogP contribution is 2.42. The molecule has 0 saturated carbocycles. The zero-order chi connectivity index (χ0) is 28.4. The van der Waals surface area contributed by atoms with Crippen LogP contribution in [0.3, 0.4) is 0 Å². The van der Waals surface area contributed by atoms with Gasteiger partial charge in [-0.15, -0.1) is 0 Å². The number of nitrogens with zero attached hydrogens (tertiary/aromatic N) is 4. The first-order valence-corrected chi connectivity index (χ1v) is 11.5. The van der Waals surface area contributed by atoms with Crippen LogP contribution in [0.5, 0.6) is 35.5 Å². The van der Waals surface area contributed by atoms with Crippen LogP contribution in [0.4, 0.5) is 4.79 Å². The largest absolute Gasteiger partial charge is 0.508 e. The van der Waals surface area contributed by atoms with E-state index in [1.165, 1.54) is 58.8 Å². The van der Waals surface area contributed by atoms with Crippen molar-refractivity contribution in [1.29, 1.82) is 0 Å². The maximum Gasteiger partial charge on any atom is 0.508 e. The monoisotopic (exact) mass is 548 g/mol. The van der Waals surface area contributed by atoms with Crippen LogP contribution in [-0.2, 0) is 14.3 Å². The molecule has 0 aromatic carbocycles. The summed E-state index contributed by atoms with van der Waals surface area (Å²) in [5.41, 5.74) is -1.99. The normalized spacial score (nSPS) is 17.9. The lowest BCUT2D eigenvalue weighted by atomic mass is 9.74. The highest BCUT2D eigenvalue weighted by atomic mass is 16.7. The van der Waals surface area contributed by atoms with E-state index < -0.39 is 23.6 Å². The molecule has 0 bridgehead atoms. The number of rotatable bonds is 13. The molecule has 0 aliphatic heterocycles. The van der Waals surface area contributed by atoms with E-state index in [1.54, 1.807) is 6.92 Å². The van der Waals surface area contributed by atoms with E-state index in [2.05, 4.69) is 19.9 Å². The lowest BCUT2D eigenvalue weighted by Gasteiger charge is -2.37. The Balaban J connectivity index is 2.04. The van der Waals surface area contributed by atoms with Crippen molar-refractivity contribution in [2.45, 2.75) is 19.4 Å². The highest BCUT2D eigenvalue weighted by Gasteiger charge is 2.53. The number of carbonyl (C=O) groups excluding carboxylic acids is 1. The molecular formula is C24H28N4O11. The van der Waals surface area contributed by atoms with Gasteiger partial charge >= 0.3 is 24.1 Å². The van der Waals surface area contributed by atoms with Crippen molar-refractivity contribution in [2.24, 2.45) is 5.41 Å². The van der Waals surface area contributed by atoms with Crippen molar-refractivity contribution >= 4 is 12.1 Å². The smallest absolute Gasteiger partial charge is 0.481 e. The molecule has 39 heavy (non-hydrogen) atoms. The minimum atomic E-state index is -1.99. The van der Waals surface area contributed by atoms with E-state index in [4.69, 9.17) is 37.9 Å².